The summed E-state index contributed by atoms with van der Waals surface area (Å²) in [5.41, 5.74) is 1.78. The van der Waals surface area contributed by atoms with Crippen LogP contribution in [0.25, 0.3) is 0 Å². The Hall–Kier alpha value is -1.71. The van der Waals surface area contributed by atoms with Gasteiger partial charge in [0, 0.05) is 37.0 Å². The lowest BCUT2D eigenvalue weighted by molar-refractivity contribution is -0.154. The maximum absolute atomic E-state index is 12.5. The van der Waals surface area contributed by atoms with Crippen molar-refractivity contribution in [3.8, 4) is 0 Å². The summed E-state index contributed by atoms with van der Waals surface area (Å²) in [5.74, 6) is 0.893. The first-order valence-electron chi connectivity index (χ1n) is 9.39. The molecular weight excluding hydrogens is 316 g/mol. The van der Waals surface area contributed by atoms with Crippen LogP contribution in [0.4, 0.5) is 0 Å². The Kier molecular flexibility index (Phi) is 3.61. The van der Waals surface area contributed by atoms with E-state index in [1.54, 1.807) is 0 Å². The van der Waals surface area contributed by atoms with Gasteiger partial charge in [0.15, 0.2) is 0 Å². The highest BCUT2D eigenvalue weighted by atomic mass is 16.5. The predicted molar refractivity (Wildman–Crippen MR) is 92.6 cm³/mol. The smallest absolute Gasteiger partial charge is 0.302 e. The molecule has 0 bridgehead atoms. The largest absolute Gasteiger partial charge is 0.461 e. The van der Waals surface area contributed by atoms with E-state index in [-0.39, 0.29) is 17.2 Å². The lowest BCUT2D eigenvalue weighted by atomic mass is 9.52. The SMILES string of the molecule is CC(=O)OC1CC(=O)CC2=CC[C@@H]3C(=CC[C@]4(C)C(=O)CC[C@@H]34)[C@]21C. The summed E-state index contributed by atoms with van der Waals surface area (Å²) in [6.45, 7) is 5.67. The fraction of sp³-hybridized carbons (Fsp3) is 0.667. The van der Waals surface area contributed by atoms with Crippen molar-refractivity contribution in [1.82, 2.24) is 0 Å². The molecule has 0 aromatic heterocycles. The normalized spacial score (nSPS) is 42.8. The second kappa shape index (κ2) is 5.39. The molecule has 4 aliphatic carbocycles. The molecule has 134 valence electrons. The van der Waals surface area contributed by atoms with E-state index in [9.17, 15) is 14.4 Å². The van der Waals surface area contributed by atoms with E-state index < -0.39 is 11.5 Å². The number of carbonyl (C=O) groups is 3. The number of hydrogen-bond acceptors (Lipinski definition) is 4. The molecule has 4 heteroatoms. The van der Waals surface area contributed by atoms with Crippen LogP contribution >= 0.6 is 0 Å². The molecule has 0 N–H and O–H groups in total. The van der Waals surface area contributed by atoms with E-state index in [1.165, 1.54) is 12.5 Å². The van der Waals surface area contributed by atoms with E-state index >= 15 is 0 Å². The summed E-state index contributed by atoms with van der Waals surface area (Å²) >= 11 is 0. The number of ether oxygens (including phenoxy) is 1. The summed E-state index contributed by atoms with van der Waals surface area (Å²) in [6, 6.07) is 0. The van der Waals surface area contributed by atoms with Gasteiger partial charge in [-0.25, -0.2) is 0 Å². The first-order valence-corrected chi connectivity index (χ1v) is 9.39. The Bertz CT molecular complexity index is 728. The molecule has 0 saturated heterocycles. The van der Waals surface area contributed by atoms with Crippen LogP contribution in [0.5, 0.6) is 0 Å². The first-order chi connectivity index (χ1) is 11.8. The quantitative estimate of drug-likeness (QED) is 0.540. The van der Waals surface area contributed by atoms with E-state index in [2.05, 4.69) is 26.0 Å². The minimum atomic E-state index is -0.423. The number of rotatable bonds is 1. The molecule has 25 heavy (non-hydrogen) atoms. The molecule has 0 aliphatic heterocycles. The fourth-order valence-electron chi connectivity index (χ4n) is 5.96. The second-order valence-electron chi connectivity index (χ2n) is 8.64. The molecule has 0 heterocycles. The molecule has 2 fully saturated rings. The third-order valence-electron chi connectivity index (χ3n) is 7.41. The maximum Gasteiger partial charge on any atom is 0.302 e. The van der Waals surface area contributed by atoms with Gasteiger partial charge in [0.2, 0.25) is 0 Å². The van der Waals surface area contributed by atoms with Gasteiger partial charge >= 0.3 is 5.97 Å². The highest BCUT2D eigenvalue weighted by Gasteiger charge is 2.58. The van der Waals surface area contributed by atoms with Crippen molar-refractivity contribution in [3.63, 3.8) is 0 Å². The summed E-state index contributed by atoms with van der Waals surface area (Å²) in [6.07, 6.45) is 8.06. The summed E-state index contributed by atoms with van der Waals surface area (Å²) in [7, 11) is 0. The lowest BCUT2D eigenvalue weighted by Crippen LogP contribution is -2.51. The van der Waals surface area contributed by atoms with E-state index in [0.29, 0.717) is 36.9 Å². The average Bonchev–Trinajstić information content (AvgIpc) is 2.84. The van der Waals surface area contributed by atoms with Gasteiger partial charge < -0.3 is 4.74 Å². The van der Waals surface area contributed by atoms with Crippen LogP contribution in [0.3, 0.4) is 0 Å². The van der Waals surface area contributed by atoms with Crippen molar-refractivity contribution in [3.05, 3.63) is 23.3 Å². The Morgan fingerprint density at radius 2 is 2.00 bits per heavy atom. The molecule has 0 spiro atoms. The van der Waals surface area contributed by atoms with Crippen molar-refractivity contribution in [2.24, 2.45) is 22.7 Å². The highest BCUT2D eigenvalue weighted by molar-refractivity contribution is 5.88. The Morgan fingerprint density at radius 1 is 1.24 bits per heavy atom. The molecule has 2 saturated carbocycles. The number of carbonyl (C=O) groups excluding carboxylic acids is 3. The van der Waals surface area contributed by atoms with E-state index in [4.69, 9.17) is 4.74 Å². The van der Waals surface area contributed by atoms with Gasteiger partial charge in [-0.15, -0.1) is 0 Å². The molecule has 0 radical (unpaired) electrons. The summed E-state index contributed by atoms with van der Waals surface area (Å²) in [5, 5.41) is 0. The minimum Gasteiger partial charge on any atom is -0.461 e. The molecule has 4 nitrogen and oxygen atoms in total. The second-order valence-corrected chi connectivity index (χ2v) is 8.64. The maximum atomic E-state index is 12.5. The lowest BCUT2D eigenvalue weighted by Gasteiger charge is -2.53. The van der Waals surface area contributed by atoms with Gasteiger partial charge in [-0.1, -0.05) is 30.2 Å². The summed E-state index contributed by atoms with van der Waals surface area (Å²) < 4.78 is 5.63. The number of ketones is 2. The standard InChI is InChI=1S/C21H26O4/c1-12(22)25-19-11-14(23)10-13-4-5-15-16-6-7-18(24)20(16,2)9-8-17(15)21(13,19)3/h4,8,15-16,19H,5-7,9-11H2,1-3H3/t15-,16-,19?,20-,21-/m0/s1. The molecule has 0 amide bonds. The van der Waals surface area contributed by atoms with Crippen molar-refractivity contribution in [2.75, 3.05) is 0 Å². The number of allylic oxidation sites excluding steroid dienone is 2. The predicted octanol–water partition coefficient (Wildman–Crippen LogP) is 3.55. The Labute approximate surface area is 148 Å². The zero-order chi connectivity index (χ0) is 18.0. The highest BCUT2D eigenvalue weighted by Crippen LogP contribution is 2.61. The van der Waals surface area contributed by atoms with E-state index in [1.807, 2.05) is 0 Å². The number of esters is 1. The van der Waals surface area contributed by atoms with Gasteiger partial charge in [0.05, 0.1) is 0 Å². The third-order valence-corrected chi connectivity index (χ3v) is 7.41. The number of Topliss-reactive ketones (excluding diaryl/α,β-unsaturated/α-hetero) is 2. The van der Waals surface area contributed by atoms with Crippen molar-refractivity contribution in [2.45, 2.75) is 65.4 Å². The van der Waals surface area contributed by atoms with Crippen LogP contribution in [0.15, 0.2) is 23.3 Å². The van der Waals surface area contributed by atoms with Crippen molar-refractivity contribution >= 4 is 17.5 Å². The first kappa shape index (κ1) is 16.7. The van der Waals surface area contributed by atoms with Crippen LogP contribution in [-0.4, -0.2) is 23.6 Å². The zero-order valence-corrected chi connectivity index (χ0v) is 15.3. The topological polar surface area (TPSA) is 60.4 Å². The minimum absolute atomic E-state index is 0.144. The van der Waals surface area contributed by atoms with Crippen LogP contribution in [-0.2, 0) is 19.1 Å². The monoisotopic (exact) mass is 342 g/mol. The molecule has 0 aromatic carbocycles. The van der Waals surface area contributed by atoms with Crippen molar-refractivity contribution < 1.29 is 19.1 Å². The van der Waals surface area contributed by atoms with Crippen LogP contribution < -0.4 is 0 Å². The number of fused-ring (bicyclic) bond motifs is 5. The third kappa shape index (κ3) is 2.22. The van der Waals surface area contributed by atoms with Gasteiger partial charge in [-0.3, -0.25) is 14.4 Å². The van der Waals surface area contributed by atoms with Crippen LogP contribution in [0.1, 0.15) is 59.3 Å². The molecule has 1 unspecified atom stereocenters. The van der Waals surface area contributed by atoms with Gasteiger partial charge in [0.25, 0.3) is 0 Å². The molecular formula is C21H26O4. The molecule has 4 aliphatic rings. The van der Waals surface area contributed by atoms with E-state index in [0.717, 1.165) is 24.8 Å². The van der Waals surface area contributed by atoms with Crippen LogP contribution in [0.2, 0.25) is 0 Å². The Morgan fingerprint density at radius 3 is 2.72 bits per heavy atom. The molecule has 4 rings (SSSR count). The Balaban J connectivity index is 1.79. The number of hydrogen-bond donors (Lipinski definition) is 0. The van der Waals surface area contributed by atoms with Gasteiger partial charge in [-0.05, 0) is 38.0 Å². The van der Waals surface area contributed by atoms with Gasteiger partial charge in [-0.2, -0.15) is 0 Å². The zero-order valence-electron chi connectivity index (χ0n) is 15.3. The molecule has 0 aromatic rings. The summed E-state index contributed by atoms with van der Waals surface area (Å²) in [4.78, 5) is 36.3. The fourth-order valence-corrected chi connectivity index (χ4v) is 5.96. The van der Waals surface area contributed by atoms with Gasteiger partial charge in [0.1, 0.15) is 17.7 Å². The van der Waals surface area contributed by atoms with Crippen molar-refractivity contribution in [1.29, 1.82) is 0 Å². The average molecular weight is 342 g/mol. The van der Waals surface area contributed by atoms with Crippen LogP contribution in [0, 0.1) is 22.7 Å². The molecule has 5 atom stereocenters.